The molecule has 2 heterocycles. The molecule has 242 valence electrons. The minimum atomic E-state index is -1.54. The number of hydrogen-bond donors (Lipinski definition) is 7. The molecule has 13 nitrogen and oxygen atoms in total. The van der Waals surface area contributed by atoms with Gasteiger partial charge in [0.1, 0.15) is 12.2 Å². The number of rotatable bonds is 7. The van der Waals surface area contributed by atoms with E-state index in [0.29, 0.717) is 37.9 Å². The Morgan fingerprint density at radius 3 is 2.57 bits per heavy atom. The van der Waals surface area contributed by atoms with Gasteiger partial charge in [0, 0.05) is 37.5 Å². The first-order valence-corrected chi connectivity index (χ1v) is 15.5. The maximum Gasteiger partial charge on any atom is 0.280 e. The number of H-pyrrole nitrogens is 1. The van der Waals surface area contributed by atoms with E-state index >= 15 is 0 Å². The molecule has 8 N–H and O–H groups in total. The number of nitrogen functional groups attached to an aromatic ring is 1. The van der Waals surface area contributed by atoms with Crippen LogP contribution in [-0.2, 0) is 16.1 Å². The number of allylic oxidation sites excluding steroid dienone is 1. The number of aromatic amines is 1. The molecule has 0 bridgehead atoms. The van der Waals surface area contributed by atoms with E-state index in [4.69, 9.17) is 15.9 Å². The van der Waals surface area contributed by atoms with Crippen molar-refractivity contribution in [2.75, 3.05) is 25.6 Å². The van der Waals surface area contributed by atoms with Crippen LogP contribution in [-0.4, -0.2) is 88.1 Å². The standard InChI is InChI=1S/C21H30O5.C10H15N5O3/c1-19-7-5-13(23)9-12(19)3-4-14-15-6-8-21(26,17(25)11-22)20(15,2)10-16(24)18(14)19;11-10-13-8-7(9(18)14-10)12-5-15(8)2-1-6(3-16)4-17/h9,14-16,18,22,24,26H,3-8,10-11H2,1-2H3;5-6,16-17H,1-4H2,(H3,11,13,14,18)/t14-,15-,16-,18+,19-,20-,21-;/m0./s1. The number of carbonyl (C=O) groups is 2. The average Bonchev–Trinajstić information content (AvgIpc) is 3.51. The van der Waals surface area contributed by atoms with Gasteiger partial charge in [-0.15, -0.1) is 0 Å². The average molecular weight is 616 g/mol. The molecule has 44 heavy (non-hydrogen) atoms. The fraction of sp³-hybridized carbons (Fsp3) is 0.710. The Labute approximate surface area is 255 Å². The molecular weight excluding hydrogens is 570 g/mol. The fourth-order valence-corrected chi connectivity index (χ4v) is 8.98. The molecule has 0 radical (unpaired) electrons. The van der Waals surface area contributed by atoms with Gasteiger partial charge in [-0.2, -0.15) is 4.98 Å². The van der Waals surface area contributed by atoms with Gasteiger partial charge in [-0.25, -0.2) is 4.98 Å². The third kappa shape index (κ3) is 5.22. The number of nitrogens with two attached hydrogens (primary N) is 1. The highest BCUT2D eigenvalue weighted by molar-refractivity contribution is 5.92. The number of aliphatic hydroxyl groups excluding tert-OH is 4. The summed E-state index contributed by atoms with van der Waals surface area (Å²) >= 11 is 0. The van der Waals surface area contributed by atoms with Crippen molar-refractivity contribution in [1.29, 1.82) is 0 Å². The van der Waals surface area contributed by atoms with Gasteiger partial charge in [0.15, 0.2) is 22.7 Å². The molecule has 0 spiro atoms. The van der Waals surface area contributed by atoms with Crippen molar-refractivity contribution in [3.63, 3.8) is 0 Å². The zero-order chi connectivity index (χ0) is 32.0. The number of anilines is 1. The van der Waals surface area contributed by atoms with Crippen LogP contribution in [0.2, 0.25) is 0 Å². The Hall–Kier alpha value is -2.97. The highest BCUT2D eigenvalue weighted by Gasteiger charge is 2.68. The Bertz CT molecular complexity index is 1500. The zero-order valence-electron chi connectivity index (χ0n) is 25.4. The smallest absolute Gasteiger partial charge is 0.280 e. The lowest BCUT2D eigenvalue weighted by atomic mass is 9.45. The van der Waals surface area contributed by atoms with E-state index in [9.17, 15) is 29.7 Å². The van der Waals surface area contributed by atoms with Crippen LogP contribution in [0.3, 0.4) is 0 Å². The normalized spacial score (nSPS) is 34.5. The molecule has 2 aromatic rings. The summed E-state index contributed by atoms with van der Waals surface area (Å²) in [5.74, 6) is -0.0157. The molecule has 3 saturated carbocycles. The van der Waals surface area contributed by atoms with Gasteiger partial charge in [-0.3, -0.25) is 19.4 Å². The van der Waals surface area contributed by atoms with Crippen LogP contribution in [0.15, 0.2) is 22.8 Å². The van der Waals surface area contributed by atoms with Crippen LogP contribution in [0, 0.1) is 34.5 Å². The van der Waals surface area contributed by atoms with Crippen LogP contribution in [0.4, 0.5) is 5.95 Å². The number of nitrogens with zero attached hydrogens (tertiary/aromatic N) is 3. The summed E-state index contributed by atoms with van der Waals surface area (Å²) in [5.41, 5.74) is 4.50. The number of aliphatic hydroxyl groups is 5. The number of imidazole rings is 1. The predicted octanol–water partition coefficient (Wildman–Crippen LogP) is 0.474. The maximum absolute atomic E-state index is 12.4. The van der Waals surface area contributed by atoms with Gasteiger partial charge in [-0.1, -0.05) is 19.4 Å². The zero-order valence-corrected chi connectivity index (χ0v) is 25.4. The Morgan fingerprint density at radius 2 is 1.89 bits per heavy atom. The highest BCUT2D eigenvalue weighted by Crippen LogP contribution is 2.67. The first kappa shape index (κ1) is 32.4. The molecule has 0 aliphatic heterocycles. The molecule has 4 aliphatic carbocycles. The molecule has 6 rings (SSSR count). The number of Topliss-reactive ketones (excluding diaryl/α,β-unsaturated/α-hetero) is 1. The SMILES string of the molecule is C[C@]12CCC(=O)C=C1CC[C@@H]1[C@@H]2[C@@H](O)C[C@@]2(C)[C@H]1CC[C@]2(O)C(=O)CO.Nc1nc2c(ncn2CCC(CO)CO)c(=O)[nH]1. The monoisotopic (exact) mass is 615 g/mol. The molecule has 0 amide bonds. The van der Waals surface area contributed by atoms with Gasteiger partial charge in [0.05, 0.1) is 12.4 Å². The summed E-state index contributed by atoms with van der Waals surface area (Å²) in [6.45, 7) is 3.79. The van der Waals surface area contributed by atoms with Crippen LogP contribution in [0.5, 0.6) is 0 Å². The van der Waals surface area contributed by atoms with Crippen LogP contribution in [0.1, 0.15) is 65.2 Å². The van der Waals surface area contributed by atoms with Crippen molar-refractivity contribution in [3.8, 4) is 0 Å². The number of ketones is 2. The van der Waals surface area contributed by atoms with Gasteiger partial charge in [0.2, 0.25) is 5.95 Å². The van der Waals surface area contributed by atoms with Crippen molar-refractivity contribution in [2.24, 2.45) is 34.5 Å². The number of hydrogen-bond acceptors (Lipinski definition) is 11. The lowest BCUT2D eigenvalue weighted by Crippen LogP contribution is -2.62. The number of aromatic nitrogens is 4. The number of carbonyl (C=O) groups excluding carboxylic acids is 2. The summed E-state index contributed by atoms with van der Waals surface area (Å²) in [7, 11) is 0. The minimum absolute atomic E-state index is 0.0371. The van der Waals surface area contributed by atoms with Gasteiger partial charge in [0.25, 0.3) is 5.56 Å². The Balaban J connectivity index is 0.000000187. The molecule has 0 aromatic carbocycles. The second kappa shape index (κ2) is 12.1. The maximum atomic E-state index is 12.4. The molecule has 7 atom stereocenters. The van der Waals surface area contributed by atoms with Crippen molar-refractivity contribution in [3.05, 3.63) is 28.3 Å². The molecular formula is C31H45N5O8. The van der Waals surface area contributed by atoms with E-state index in [-0.39, 0.29) is 65.1 Å². The fourth-order valence-electron chi connectivity index (χ4n) is 8.98. The largest absolute Gasteiger partial charge is 0.396 e. The summed E-state index contributed by atoms with van der Waals surface area (Å²) in [6.07, 6.45) is 7.80. The summed E-state index contributed by atoms with van der Waals surface area (Å²) < 4.78 is 1.68. The van der Waals surface area contributed by atoms with E-state index in [1.165, 1.54) is 11.9 Å². The molecule has 2 aromatic heterocycles. The van der Waals surface area contributed by atoms with Crippen LogP contribution < -0.4 is 11.3 Å². The van der Waals surface area contributed by atoms with Crippen molar-refractivity contribution in [2.45, 2.75) is 83.5 Å². The van der Waals surface area contributed by atoms with E-state index in [2.05, 4.69) is 21.9 Å². The predicted molar refractivity (Wildman–Crippen MR) is 160 cm³/mol. The minimum Gasteiger partial charge on any atom is -0.396 e. The molecule has 4 aliphatic rings. The van der Waals surface area contributed by atoms with E-state index in [0.717, 1.165) is 25.7 Å². The van der Waals surface area contributed by atoms with Crippen LogP contribution in [0.25, 0.3) is 11.2 Å². The van der Waals surface area contributed by atoms with Crippen LogP contribution >= 0.6 is 0 Å². The van der Waals surface area contributed by atoms with E-state index < -0.39 is 29.5 Å². The molecule has 3 fully saturated rings. The second-order valence-corrected chi connectivity index (χ2v) is 13.6. The molecule has 0 unspecified atom stereocenters. The first-order chi connectivity index (χ1) is 20.8. The summed E-state index contributed by atoms with van der Waals surface area (Å²) in [5, 5.41) is 49.7. The lowest BCUT2D eigenvalue weighted by molar-refractivity contribution is -0.182. The third-order valence-corrected chi connectivity index (χ3v) is 11.4. The number of aryl methyl sites for hydroxylation is 1. The van der Waals surface area contributed by atoms with E-state index in [1.54, 1.807) is 10.6 Å². The van der Waals surface area contributed by atoms with Gasteiger partial charge < -0.3 is 35.8 Å². The molecule has 0 saturated heterocycles. The summed E-state index contributed by atoms with van der Waals surface area (Å²) in [4.78, 5) is 46.1. The second-order valence-electron chi connectivity index (χ2n) is 13.6. The first-order valence-electron chi connectivity index (χ1n) is 15.5. The van der Waals surface area contributed by atoms with Gasteiger partial charge >= 0.3 is 0 Å². The topological polar surface area (TPSA) is 225 Å². The number of nitrogens with one attached hydrogen (secondary N) is 1. The Morgan fingerprint density at radius 1 is 1.16 bits per heavy atom. The summed E-state index contributed by atoms with van der Waals surface area (Å²) in [6, 6.07) is 0. The van der Waals surface area contributed by atoms with Crippen molar-refractivity contribution < 1.29 is 35.1 Å². The molecule has 13 heteroatoms. The van der Waals surface area contributed by atoms with Crippen molar-refractivity contribution >= 4 is 28.7 Å². The highest BCUT2D eigenvalue weighted by atomic mass is 16.3. The third-order valence-electron chi connectivity index (χ3n) is 11.4. The van der Waals surface area contributed by atoms with Gasteiger partial charge in [-0.05, 0) is 74.2 Å². The Kier molecular flexibility index (Phi) is 8.91. The lowest BCUT2D eigenvalue weighted by Gasteiger charge is -2.60. The quantitative estimate of drug-likeness (QED) is 0.227. The number of fused-ring (bicyclic) bond motifs is 6. The van der Waals surface area contributed by atoms with Crippen molar-refractivity contribution in [1.82, 2.24) is 19.5 Å². The van der Waals surface area contributed by atoms with E-state index in [1.807, 2.05) is 6.92 Å².